The van der Waals surface area contributed by atoms with E-state index in [9.17, 15) is 4.55 Å². The third-order valence-electron chi connectivity index (χ3n) is 5.80. The van der Waals surface area contributed by atoms with Crippen molar-refractivity contribution in [3.63, 3.8) is 0 Å². The predicted molar refractivity (Wildman–Crippen MR) is 136 cm³/mol. The Labute approximate surface area is 198 Å². The molecule has 1 aromatic heterocycles. The summed E-state index contributed by atoms with van der Waals surface area (Å²) in [7, 11) is -2.15. The van der Waals surface area contributed by atoms with Crippen LogP contribution in [-0.2, 0) is 27.1 Å². The molecule has 0 radical (unpaired) electrons. The first-order valence-electron chi connectivity index (χ1n) is 11.2. The van der Waals surface area contributed by atoms with Gasteiger partial charge in [-0.2, -0.15) is 0 Å². The number of nitrogens with one attached hydrogen (secondary N) is 1. The molecule has 0 saturated heterocycles. The molecule has 3 atom stereocenters. The van der Waals surface area contributed by atoms with E-state index in [1.165, 1.54) is 0 Å². The van der Waals surface area contributed by atoms with Gasteiger partial charge in [0.15, 0.2) is 8.32 Å². The van der Waals surface area contributed by atoms with Crippen LogP contribution in [0.3, 0.4) is 0 Å². The van der Waals surface area contributed by atoms with Crippen LogP contribution in [0.1, 0.15) is 58.9 Å². The zero-order valence-corrected chi connectivity index (χ0v) is 22.7. The third kappa shape index (κ3) is 7.97. The second-order valence-electron chi connectivity index (χ2n) is 10.7. The molecule has 0 aliphatic heterocycles. The Bertz CT molecular complexity index is 807. The molecule has 0 aliphatic carbocycles. The monoisotopic (exact) mass is 476 g/mol. The van der Waals surface area contributed by atoms with E-state index in [1.54, 1.807) is 6.20 Å². The second-order valence-corrected chi connectivity index (χ2v) is 17.4. The van der Waals surface area contributed by atoms with Crippen LogP contribution in [0.4, 0.5) is 0 Å². The molecule has 32 heavy (non-hydrogen) atoms. The molecular weight excluding hydrogens is 436 g/mol. The van der Waals surface area contributed by atoms with E-state index in [1.807, 2.05) is 69.3 Å². The van der Waals surface area contributed by atoms with Crippen LogP contribution in [-0.4, -0.2) is 35.2 Å². The van der Waals surface area contributed by atoms with Crippen molar-refractivity contribution < 1.29 is 13.7 Å². The average Bonchev–Trinajstić information content (AvgIpc) is 2.71. The highest BCUT2D eigenvalue weighted by Gasteiger charge is 2.43. The first-order chi connectivity index (χ1) is 14.8. The van der Waals surface area contributed by atoms with Crippen LogP contribution in [0.25, 0.3) is 0 Å². The van der Waals surface area contributed by atoms with Gasteiger partial charge in [-0.3, -0.25) is 4.98 Å². The van der Waals surface area contributed by atoms with E-state index < -0.39 is 24.4 Å². The zero-order valence-electron chi connectivity index (χ0n) is 20.8. The Morgan fingerprint density at radius 3 is 2.16 bits per heavy atom. The van der Waals surface area contributed by atoms with Crippen LogP contribution >= 0.6 is 0 Å². The first kappa shape index (κ1) is 27.0. The summed E-state index contributed by atoms with van der Waals surface area (Å²) in [5, 5.41) is 0.0264. The highest BCUT2D eigenvalue weighted by Crippen LogP contribution is 2.40. The Hall–Kier alpha value is -1.22. The van der Waals surface area contributed by atoms with Crippen molar-refractivity contribution in [1.82, 2.24) is 9.71 Å². The van der Waals surface area contributed by atoms with Crippen LogP contribution in [0.15, 0.2) is 54.7 Å². The first-order valence-corrected chi connectivity index (χ1v) is 15.3. The summed E-state index contributed by atoms with van der Waals surface area (Å²) < 4.78 is 29.0. The maximum atomic E-state index is 13.1. The van der Waals surface area contributed by atoms with Gasteiger partial charge in [-0.1, -0.05) is 57.2 Å². The Morgan fingerprint density at radius 2 is 1.62 bits per heavy atom. The molecule has 0 fully saturated rings. The van der Waals surface area contributed by atoms with Crippen LogP contribution < -0.4 is 4.72 Å². The lowest BCUT2D eigenvalue weighted by molar-refractivity contribution is 0.0515. The van der Waals surface area contributed by atoms with E-state index in [0.29, 0.717) is 13.2 Å². The number of pyridine rings is 1. The molecule has 0 spiro atoms. The topological polar surface area (TPSA) is 66.4 Å². The van der Waals surface area contributed by atoms with Crippen molar-refractivity contribution in [3.8, 4) is 0 Å². The number of aromatic nitrogens is 1. The van der Waals surface area contributed by atoms with Crippen molar-refractivity contribution in [2.24, 2.45) is 0 Å². The fourth-order valence-electron chi connectivity index (χ4n) is 2.76. The SMILES string of the molecule is CC(C)(C)[S@@+]([O-])N[C@@H](COCc1ccccc1)[C@@H](O[Si](C)(C)C(C)(C)C)c1ccccn1. The molecular formula is C25H40N2O3SSi. The molecule has 5 nitrogen and oxygen atoms in total. The Kier molecular flexibility index (Phi) is 9.52. The summed E-state index contributed by atoms with van der Waals surface area (Å²) in [6.07, 6.45) is 1.40. The quantitative estimate of drug-likeness (QED) is 0.348. The fourth-order valence-corrected chi connectivity index (χ4v) is 4.86. The lowest BCUT2D eigenvalue weighted by Gasteiger charge is -2.41. The average molecular weight is 477 g/mol. The van der Waals surface area contributed by atoms with Gasteiger partial charge in [-0.05, 0) is 56.6 Å². The van der Waals surface area contributed by atoms with Crippen LogP contribution in [0, 0.1) is 0 Å². The van der Waals surface area contributed by atoms with Gasteiger partial charge in [-0.15, -0.1) is 4.72 Å². The molecule has 1 N–H and O–H groups in total. The molecule has 178 valence electrons. The number of benzene rings is 1. The van der Waals surface area contributed by atoms with Crippen LogP contribution in [0.2, 0.25) is 18.1 Å². The second kappa shape index (κ2) is 11.3. The molecule has 0 unspecified atom stereocenters. The molecule has 0 bridgehead atoms. The number of nitrogens with zero attached hydrogens (tertiary/aromatic N) is 1. The van der Waals surface area contributed by atoms with E-state index in [2.05, 4.69) is 43.6 Å². The minimum Gasteiger partial charge on any atom is -0.598 e. The van der Waals surface area contributed by atoms with Gasteiger partial charge in [0.05, 0.1) is 18.9 Å². The highest BCUT2D eigenvalue weighted by atomic mass is 32.2. The van der Waals surface area contributed by atoms with E-state index in [0.717, 1.165) is 11.3 Å². The van der Waals surface area contributed by atoms with Gasteiger partial charge in [-0.25, -0.2) is 0 Å². The maximum Gasteiger partial charge on any atom is 0.193 e. The van der Waals surface area contributed by atoms with Gasteiger partial charge in [0.25, 0.3) is 0 Å². The van der Waals surface area contributed by atoms with Gasteiger partial charge < -0.3 is 13.7 Å². The van der Waals surface area contributed by atoms with Crippen molar-refractivity contribution >= 4 is 19.7 Å². The van der Waals surface area contributed by atoms with Gasteiger partial charge in [0, 0.05) is 17.6 Å². The Balaban J connectivity index is 2.33. The van der Waals surface area contributed by atoms with E-state index in [4.69, 9.17) is 9.16 Å². The molecule has 0 saturated carbocycles. The lowest BCUT2D eigenvalue weighted by atomic mass is 10.1. The smallest absolute Gasteiger partial charge is 0.193 e. The van der Waals surface area contributed by atoms with Crippen molar-refractivity contribution in [2.75, 3.05) is 6.61 Å². The van der Waals surface area contributed by atoms with Crippen molar-refractivity contribution in [1.29, 1.82) is 0 Å². The van der Waals surface area contributed by atoms with E-state index in [-0.39, 0.29) is 17.2 Å². The van der Waals surface area contributed by atoms with Gasteiger partial charge in [0.1, 0.15) is 16.9 Å². The molecule has 2 aromatic rings. The number of ether oxygens (including phenoxy) is 1. The van der Waals surface area contributed by atoms with E-state index >= 15 is 0 Å². The summed E-state index contributed by atoms with van der Waals surface area (Å²) in [6.45, 7) is 17.8. The number of hydrogen-bond donors (Lipinski definition) is 1. The minimum absolute atomic E-state index is 0.0264. The summed E-state index contributed by atoms with van der Waals surface area (Å²) in [6, 6.07) is 15.6. The maximum absolute atomic E-state index is 13.1. The normalized spacial score (nSPS) is 15.9. The number of hydrogen-bond acceptors (Lipinski definition) is 5. The molecule has 0 aliphatic rings. The largest absolute Gasteiger partial charge is 0.598 e. The highest BCUT2D eigenvalue weighted by molar-refractivity contribution is 7.90. The zero-order chi connectivity index (χ0) is 24.0. The standard InChI is InChI=1S/C25H40N2O3SSi/c1-24(2,3)31(28)27-22(19-29-18-20-14-10-9-11-15-20)23(21-16-12-13-17-26-21)30-32(7,8)25(4,5)6/h9-17,22-23,27H,18-19H2,1-8H3/t22-,23-,31+/m0/s1. The lowest BCUT2D eigenvalue weighted by Crippen LogP contribution is -2.52. The summed E-state index contributed by atoms with van der Waals surface area (Å²) in [5.41, 5.74) is 1.92. The molecule has 1 aromatic carbocycles. The third-order valence-corrected chi connectivity index (χ3v) is 11.9. The fraction of sp³-hybridized carbons (Fsp3) is 0.560. The summed E-state index contributed by atoms with van der Waals surface area (Å²) in [4.78, 5) is 4.60. The molecule has 0 amide bonds. The predicted octanol–water partition coefficient (Wildman–Crippen LogP) is 5.78. The molecule has 2 rings (SSSR count). The van der Waals surface area contributed by atoms with Gasteiger partial charge >= 0.3 is 0 Å². The number of rotatable bonds is 10. The van der Waals surface area contributed by atoms with Crippen molar-refractivity contribution in [2.45, 2.75) is 83.2 Å². The van der Waals surface area contributed by atoms with Gasteiger partial charge in [0.2, 0.25) is 0 Å². The Morgan fingerprint density at radius 1 is 1.00 bits per heavy atom. The molecule has 7 heteroatoms. The summed E-state index contributed by atoms with van der Waals surface area (Å²) in [5.74, 6) is 0. The van der Waals surface area contributed by atoms with Crippen molar-refractivity contribution in [3.05, 3.63) is 66.0 Å². The molecule has 1 heterocycles. The van der Waals surface area contributed by atoms with Crippen LogP contribution in [0.5, 0.6) is 0 Å². The minimum atomic E-state index is -2.15. The summed E-state index contributed by atoms with van der Waals surface area (Å²) >= 11 is -1.28.